The Morgan fingerprint density at radius 3 is 2.89 bits per heavy atom. The number of rotatable bonds is 4. The van der Waals surface area contributed by atoms with E-state index in [1.165, 1.54) is 0 Å². The standard InChI is InChI=1S/C13H14ClN3O/c1-9-3-4-12(11(14)5-9)18-13-8-16-7-10(17-13)6-15-2/h3-5,7-8,15H,6H2,1-2H3. The predicted molar refractivity (Wildman–Crippen MR) is 71.1 cm³/mol. The van der Waals surface area contributed by atoms with Crippen LogP contribution in [0.15, 0.2) is 30.6 Å². The van der Waals surface area contributed by atoms with Crippen LogP contribution in [0.1, 0.15) is 11.3 Å². The smallest absolute Gasteiger partial charge is 0.238 e. The van der Waals surface area contributed by atoms with Crippen LogP contribution in [0.25, 0.3) is 0 Å². The number of aromatic nitrogens is 2. The normalized spacial score (nSPS) is 10.4. The van der Waals surface area contributed by atoms with Crippen LogP contribution in [-0.2, 0) is 6.54 Å². The van der Waals surface area contributed by atoms with Gasteiger partial charge < -0.3 is 10.1 Å². The van der Waals surface area contributed by atoms with Gasteiger partial charge in [-0.25, -0.2) is 4.98 Å². The SMILES string of the molecule is CNCc1cncc(Oc2ccc(C)cc2Cl)n1. The lowest BCUT2D eigenvalue weighted by molar-refractivity contribution is 0.457. The Balaban J connectivity index is 2.20. The van der Waals surface area contributed by atoms with Gasteiger partial charge >= 0.3 is 0 Å². The average molecular weight is 264 g/mol. The Labute approximate surface area is 111 Å². The van der Waals surface area contributed by atoms with Crippen molar-refractivity contribution in [3.63, 3.8) is 0 Å². The summed E-state index contributed by atoms with van der Waals surface area (Å²) in [5.41, 5.74) is 1.90. The maximum atomic E-state index is 6.09. The van der Waals surface area contributed by atoms with Crippen molar-refractivity contribution in [2.24, 2.45) is 0 Å². The van der Waals surface area contributed by atoms with Crippen molar-refractivity contribution in [2.45, 2.75) is 13.5 Å². The molecule has 0 amide bonds. The van der Waals surface area contributed by atoms with Crippen molar-refractivity contribution >= 4 is 11.6 Å². The maximum Gasteiger partial charge on any atom is 0.238 e. The van der Waals surface area contributed by atoms with E-state index in [2.05, 4.69) is 15.3 Å². The minimum absolute atomic E-state index is 0.438. The molecule has 0 saturated heterocycles. The topological polar surface area (TPSA) is 47.0 Å². The molecule has 0 spiro atoms. The summed E-state index contributed by atoms with van der Waals surface area (Å²) in [6.07, 6.45) is 3.26. The lowest BCUT2D eigenvalue weighted by atomic mass is 10.2. The molecule has 18 heavy (non-hydrogen) atoms. The van der Waals surface area contributed by atoms with E-state index in [9.17, 15) is 0 Å². The van der Waals surface area contributed by atoms with Crippen molar-refractivity contribution in [1.29, 1.82) is 0 Å². The molecule has 5 heteroatoms. The van der Waals surface area contributed by atoms with Gasteiger partial charge in [-0.15, -0.1) is 0 Å². The minimum atomic E-state index is 0.438. The molecular formula is C13H14ClN3O. The molecule has 0 radical (unpaired) electrons. The third-order valence-corrected chi connectivity index (χ3v) is 2.62. The van der Waals surface area contributed by atoms with Gasteiger partial charge in [0, 0.05) is 12.7 Å². The number of hydrogen-bond acceptors (Lipinski definition) is 4. The summed E-state index contributed by atoms with van der Waals surface area (Å²) in [6.45, 7) is 2.62. The highest BCUT2D eigenvalue weighted by molar-refractivity contribution is 6.32. The Kier molecular flexibility index (Phi) is 4.12. The van der Waals surface area contributed by atoms with Gasteiger partial charge in [0.1, 0.15) is 5.75 Å². The van der Waals surface area contributed by atoms with Crippen LogP contribution in [-0.4, -0.2) is 17.0 Å². The summed E-state index contributed by atoms with van der Waals surface area (Å²) in [6, 6.07) is 5.61. The quantitative estimate of drug-likeness (QED) is 0.921. The second-order valence-corrected chi connectivity index (χ2v) is 4.32. The zero-order valence-electron chi connectivity index (χ0n) is 10.3. The fraction of sp³-hybridized carbons (Fsp3) is 0.231. The van der Waals surface area contributed by atoms with E-state index in [1.54, 1.807) is 12.4 Å². The molecule has 4 nitrogen and oxygen atoms in total. The minimum Gasteiger partial charge on any atom is -0.436 e. The third kappa shape index (κ3) is 3.18. The van der Waals surface area contributed by atoms with Crippen molar-refractivity contribution in [1.82, 2.24) is 15.3 Å². The lowest BCUT2D eigenvalue weighted by Crippen LogP contribution is -2.07. The van der Waals surface area contributed by atoms with E-state index in [1.807, 2.05) is 32.2 Å². The van der Waals surface area contributed by atoms with Gasteiger partial charge in [0.2, 0.25) is 5.88 Å². The molecule has 1 aromatic heterocycles. The molecular weight excluding hydrogens is 250 g/mol. The molecule has 0 fully saturated rings. The van der Waals surface area contributed by atoms with Crippen molar-refractivity contribution in [3.05, 3.63) is 46.9 Å². The first kappa shape index (κ1) is 12.8. The summed E-state index contributed by atoms with van der Waals surface area (Å²) in [4.78, 5) is 8.39. The molecule has 0 aliphatic carbocycles. The summed E-state index contributed by atoms with van der Waals surface area (Å²) >= 11 is 6.09. The number of nitrogens with one attached hydrogen (secondary N) is 1. The lowest BCUT2D eigenvalue weighted by Gasteiger charge is -2.08. The van der Waals surface area contributed by atoms with E-state index >= 15 is 0 Å². The van der Waals surface area contributed by atoms with E-state index < -0.39 is 0 Å². The average Bonchev–Trinajstić information content (AvgIpc) is 2.34. The zero-order valence-corrected chi connectivity index (χ0v) is 11.0. The number of nitrogens with zero attached hydrogens (tertiary/aromatic N) is 2. The van der Waals surface area contributed by atoms with E-state index in [4.69, 9.17) is 16.3 Å². The molecule has 0 atom stereocenters. The van der Waals surface area contributed by atoms with Gasteiger partial charge in [-0.3, -0.25) is 4.98 Å². The summed E-state index contributed by atoms with van der Waals surface area (Å²) < 4.78 is 5.62. The monoisotopic (exact) mass is 263 g/mol. The number of halogens is 1. The predicted octanol–water partition coefficient (Wildman–Crippen LogP) is 2.95. The van der Waals surface area contributed by atoms with Gasteiger partial charge in [-0.1, -0.05) is 17.7 Å². The molecule has 94 valence electrons. The van der Waals surface area contributed by atoms with Crippen LogP contribution in [0.4, 0.5) is 0 Å². The fourth-order valence-corrected chi connectivity index (χ4v) is 1.78. The van der Waals surface area contributed by atoms with Gasteiger partial charge in [-0.05, 0) is 31.7 Å². The highest BCUT2D eigenvalue weighted by Crippen LogP contribution is 2.28. The van der Waals surface area contributed by atoms with Crippen LogP contribution < -0.4 is 10.1 Å². The molecule has 1 heterocycles. The molecule has 0 aliphatic rings. The van der Waals surface area contributed by atoms with E-state index in [0.29, 0.717) is 23.2 Å². The Morgan fingerprint density at radius 2 is 2.17 bits per heavy atom. The highest BCUT2D eigenvalue weighted by Gasteiger charge is 2.05. The van der Waals surface area contributed by atoms with E-state index in [0.717, 1.165) is 11.3 Å². The molecule has 1 aromatic carbocycles. The number of hydrogen-bond donors (Lipinski definition) is 1. The van der Waals surface area contributed by atoms with Gasteiger partial charge in [0.15, 0.2) is 0 Å². The second-order valence-electron chi connectivity index (χ2n) is 3.91. The van der Waals surface area contributed by atoms with Gasteiger partial charge in [0.25, 0.3) is 0 Å². The molecule has 0 unspecified atom stereocenters. The van der Waals surface area contributed by atoms with Crippen LogP contribution >= 0.6 is 11.6 Å². The van der Waals surface area contributed by atoms with E-state index in [-0.39, 0.29) is 0 Å². The summed E-state index contributed by atoms with van der Waals surface area (Å²) in [7, 11) is 1.85. The number of aryl methyl sites for hydroxylation is 1. The second kappa shape index (κ2) is 5.80. The first-order valence-corrected chi connectivity index (χ1v) is 5.96. The van der Waals surface area contributed by atoms with Gasteiger partial charge in [0.05, 0.1) is 16.9 Å². The van der Waals surface area contributed by atoms with Crippen LogP contribution in [0.5, 0.6) is 11.6 Å². The number of ether oxygens (including phenoxy) is 1. The maximum absolute atomic E-state index is 6.09. The molecule has 0 aliphatic heterocycles. The third-order valence-electron chi connectivity index (χ3n) is 2.32. The van der Waals surface area contributed by atoms with Crippen LogP contribution in [0.3, 0.4) is 0 Å². The highest BCUT2D eigenvalue weighted by atomic mass is 35.5. The molecule has 1 N–H and O–H groups in total. The summed E-state index contributed by atoms with van der Waals surface area (Å²) in [5.74, 6) is 1.02. The molecule has 0 bridgehead atoms. The molecule has 2 rings (SSSR count). The first-order chi connectivity index (χ1) is 8.69. The van der Waals surface area contributed by atoms with Crippen molar-refractivity contribution < 1.29 is 4.74 Å². The first-order valence-electron chi connectivity index (χ1n) is 5.58. The zero-order chi connectivity index (χ0) is 13.0. The number of benzene rings is 1. The van der Waals surface area contributed by atoms with Crippen molar-refractivity contribution in [2.75, 3.05) is 7.05 Å². The fourth-order valence-electron chi connectivity index (χ4n) is 1.50. The molecule has 0 saturated carbocycles. The summed E-state index contributed by atoms with van der Waals surface area (Å²) in [5, 5.41) is 3.58. The van der Waals surface area contributed by atoms with Gasteiger partial charge in [-0.2, -0.15) is 0 Å². The Morgan fingerprint density at radius 1 is 1.33 bits per heavy atom. The van der Waals surface area contributed by atoms with Crippen LogP contribution in [0, 0.1) is 6.92 Å². The molecule has 2 aromatic rings. The Hall–Kier alpha value is -1.65. The van der Waals surface area contributed by atoms with Crippen molar-refractivity contribution in [3.8, 4) is 11.6 Å². The Bertz CT molecular complexity index is 546. The van der Waals surface area contributed by atoms with Crippen LogP contribution in [0.2, 0.25) is 5.02 Å². The largest absolute Gasteiger partial charge is 0.436 e.